The minimum absolute atomic E-state index is 0.155. The fourth-order valence-corrected chi connectivity index (χ4v) is 2.35. The Kier molecular flexibility index (Phi) is 4.50. The van der Waals surface area contributed by atoms with Gasteiger partial charge in [0.1, 0.15) is 5.82 Å². The molecule has 0 aliphatic heterocycles. The van der Waals surface area contributed by atoms with Crippen LogP contribution in [0.3, 0.4) is 0 Å². The van der Waals surface area contributed by atoms with Crippen molar-refractivity contribution >= 4 is 15.9 Å². The second kappa shape index (κ2) is 6.12. The van der Waals surface area contributed by atoms with E-state index in [1.807, 2.05) is 42.5 Å². The van der Waals surface area contributed by atoms with Crippen molar-refractivity contribution in [1.82, 2.24) is 0 Å². The molecule has 2 aromatic rings. The first-order valence-corrected chi connectivity index (χ1v) is 6.69. The van der Waals surface area contributed by atoms with Gasteiger partial charge in [0.2, 0.25) is 0 Å². The third-order valence-corrected chi connectivity index (χ3v) is 3.53. The molecule has 0 radical (unpaired) electrons. The molecule has 0 spiro atoms. The SMILES string of the molecule is NCC(Cc1ccc(Br)cc1F)c1ccccc1. The molecule has 2 aromatic carbocycles. The van der Waals surface area contributed by atoms with E-state index in [-0.39, 0.29) is 11.7 Å². The van der Waals surface area contributed by atoms with Crippen molar-refractivity contribution in [2.45, 2.75) is 12.3 Å². The van der Waals surface area contributed by atoms with E-state index < -0.39 is 0 Å². The van der Waals surface area contributed by atoms with Crippen molar-refractivity contribution < 1.29 is 4.39 Å². The highest BCUT2D eigenvalue weighted by atomic mass is 79.9. The standard InChI is InChI=1S/C15H15BrFN/c16-14-7-6-12(15(17)9-14)8-13(10-18)11-4-2-1-3-5-11/h1-7,9,13H,8,10,18H2. The Morgan fingerprint density at radius 1 is 1.11 bits per heavy atom. The van der Waals surface area contributed by atoms with Gasteiger partial charge in [0.25, 0.3) is 0 Å². The van der Waals surface area contributed by atoms with Crippen LogP contribution in [0, 0.1) is 5.82 Å². The van der Waals surface area contributed by atoms with Crippen molar-refractivity contribution in [3.8, 4) is 0 Å². The van der Waals surface area contributed by atoms with Gasteiger partial charge < -0.3 is 5.73 Å². The molecule has 0 fully saturated rings. The Morgan fingerprint density at radius 3 is 2.44 bits per heavy atom. The molecule has 0 saturated heterocycles. The van der Waals surface area contributed by atoms with Crippen LogP contribution in [-0.2, 0) is 6.42 Å². The lowest BCUT2D eigenvalue weighted by Gasteiger charge is -2.15. The van der Waals surface area contributed by atoms with Crippen LogP contribution in [0.2, 0.25) is 0 Å². The van der Waals surface area contributed by atoms with Crippen LogP contribution in [0.1, 0.15) is 17.0 Å². The van der Waals surface area contributed by atoms with Gasteiger partial charge in [-0.2, -0.15) is 0 Å². The van der Waals surface area contributed by atoms with Gasteiger partial charge >= 0.3 is 0 Å². The summed E-state index contributed by atoms with van der Waals surface area (Å²) in [6.07, 6.45) is 0.625. The Labute approximate surface area is 115 Å². The van der Waals surface area contributed by atoms with E-state index in [1.54, 1.807) is 0 Å². The van der Waals surface area contributed by atoms with Crippen LogP contribution in [0.15, 0.2) is 53.0 Å². The molecule has 0 saturated carbocycles. The lowest BCUT2D eigenvalue weighted by Crippen LogP contribution is -2.15. The predicted molar refractivity (Wildman–Crippen MR) is 76.0 cm³/mol. The molecule has 2 N–H and O–H groups in total. The average molecular weight is 308 g/mol. The average Bonchev–Trinajstić information content (AvgIpc) is 2.39. The van der Waals surface area contributed by atoms with E-state index >= 15 is 0 Å². The highest BCUT2D eigenvalue weighted by Gasteiger charge is 2.13. The molecule has 0 bridgehead atoms. The number of hydrogen-bond donors (Lipinski definition) is 1. The first kappa shape index (κ1) is 13.2. The normalized spacial score (nSPS) is 12.4. The van der Waals surface area contributed by atoms with Gasteiger partial charge in [0.05, 0.1) is 0 Å². The monoisotopic (exact) mass is 307 g/mol. The smallest absolute Gasteiger partial charge is 0.127 e. The molecule has 2 rings (SSSR count). The Bertz CT molecular complexity index is 513. The third kappa shape index (κ3) is 3.18. The maximum absolute atomic E-state index is 13.8. The lowest BCUT2D eigenvalue weighted by atomic mass is 9.92. The molecule has 0 aliphatic rings. The first-order valence-electron chi connectivity index (χ1n) is 5.89. The molecular formula is C15H15BrFN. The van der Waals surface area contributed by atoms with Crippen LogP contribution in [-0.4, -0.2) is 6.54 Å². The number of halogens is 2. The minimum atomic E-state index is -0.182. The zero-order chi connectivity index (χ0) is 13.0. The fraction of sp³-hybridized carbons (Fsp3) is 0.200. The minimum Gasteiger partial charge on any atom is -0.330 e. The molecular weight excluding hydrogens is 293 g/mol. The Balaban J connectivity index is 2.21. The predicted octanol–water partition coefficient (Wildman–Crippen LogP) is 3.87. The largest absolute Gasteiger partial charge is 0.330 e. The summed E-state index contributed by atoms with van der Waals surface area (Å²) in [5.74, 6) is -0.0272. The Morgan fingerprint density at radius 2 is 1.83 bits per heavy atom. The third-order valence-electron chi connectivity index (χ3n) is 3.04. The summed E-state index contributed by atoms with van der Waals surface area (Å²) in [5.41, 5.74) is 7.66. The van der Waals surface area contributed by atoms with Gasteiger partial charge in [-0.3, -0.25) is 0 Å². The van der Waals surface area contributed by atoms with Gasteiger partial charge in [-0.05, 0) is 36.2 Å². The van der Waals surface area contributed by atoms with Gasteiger partial charge in [-0.25, -0.2) is 4.39 Å². The summed E-state index contributed by atoms with van der Waals surface area (Å²) in [7, 11) is 0. The van der Waals surface area contributed by atoms with Crippen molar-refractivity contribution in [2.75, 3.05) is 6.54 Å². The summed E-state index contributed by atoms with van der Waals surface area (Å²) >= 11 is 3.26. The Hall–Kier alpha value is -1.19. The molecule has 18 heavy (non-hydrogen) atoms. The first-order chi connectivity index (χ1) is 8.70. The maximum Gasteiger partial charge on any atom is 0.127 e. The summed E-state index contributed by atoms with van der Waals surface area (Å²) < 4.78 is 14.5. The summed E-state index contributed by atoms with van der Waals surface area (Å²) in [6.45, 7) is 0.513. The van der Waals surface area contributed by atoms with Crippen LogP contribution >= 0.6 is 15.9 Å². The van der Waals surface area contributed by atoms with E-state index in [9.17, 15) is 4.39 Å². The van der Waals surface area contributed by atoms with Crippen molar-refractivity contribution in [1.29, 1.82) is 0 Å². The number of benzene rings is 2. The number of rotatable bonds is 4. The molecule has 0 heterocycles. The lowest BCUT2D eigenvalue weighted by molar-refractivity contribution is 0.589. The zero-order valence-electron chi connectivity index (χ0n) is 9.94. The van der Waals surface area contributed by atoms with Crippen LogP contribution < -0.4 is 5.73 Å². The summed E-state index contributed by atoms with van der Waals surface area (Å²) in [6, 6.07) is 15.2. The highest BCUT2D eigenvalue weighted by Crippen LogP contribution is 2.23. The molecule has 1 nitrogen and oxygen atoms in total. The summed E-state index contributed by atoms with van der Waals surface area (Å²) in [4.78, 5) is 0. The number of hydrogen-bond acceptors (Lipinski definition) is 1. The molecule has 0 aliphatic carbocycles. The van der Waals surface area contributed by atoms with E-state index in [4.69, 9.17) is 5.73 Å². The second-order valence-corrected chi connectivity index (χ2v) is 5.20. The van der Waals surface area contributed by atoms with Gasteiger partial charge in [-0.15, -0.1) is 0 Å². The van der Waals surface area contributed by atoms with Gasteiger partial charge in [0, 0.05) is 10.4 Å². The molecule has 1 atom stereocenters. The van der Waals surface area contributed by atoms with Crippen LogP contribution in [0.5, 0.6) is 0 Å². The van der Waals surface area contributed by atoms with Crippen molar-refractivity contribution in [2.24, 2.45) is 5.73 Å². The van der Waals surface area contributed by atoms with Crippen LogP contribution in [0.4, 0.5) is 4.39 Å². The topological polar surface area (TPSA) is 26.0 Å². The highest BCUT2D eigenvalue weighted by molar-refractivity contribution is 9.10. The van der Waals surface area contributed by atoms with Gasteiger partial charge in [0.15, 0.2) is 0 Å². The van der Waals surface area contributed by atoms with E-state index in [0.717, 1.165) is 10.0 Å². The van der Waals surface area contributed by atoms with Crippen LogP contribution in [0.25, 0.3) is 0 Å². The molecule has 94 valence electrons. The fourth-order valence-electron chi connectivity index (χ4n) is 2.02. The quantitative estimate of drug-likeness (QED) is 0.911. The zero-order valence-corrected chi connectivity index (χ0v) is 11.5. The second-order valence-electron chi connectivity index (χ2n) is 4.28. The van der Waals surface area contributed by atoms with E-state index in [1.165, 1.54) is 6.07 Å². The summed E-state index contributed by atoms with van der Waals surface area (Å²) in [5, 5.41) is 0. The van der Waals surface area contributed by atoms with Gasteiger partial charge in [-0.1, -0.05) is 52.3 Å². The maximum atomic E-state index is 13.8. The molecule has 3 heteroatoms. The number of nitrogens with two attached hydrogens (primary N) is 1. The van der Waals surface area contributed by atoms with E-state index in [0.29, 0.717) is 18.5 Å². The van der Waals surface area contributed by atoms with Crippen molar-refractivity contribution in [3.63, 3.8) is 0 Å². The van der Waals surface area contributed by atoms with E-state index in [2.05, 4.69) is 15.9 Å². The molecule has 1 unspecified atom stereocenters. The molecule has 0 amide bonds. The molecule has 0 aromatic heterocycles. The van der Waals surface area contributed by atoms with Crippen molar-refractivity contribution in [3.05, 3.63) is 69.9 Å².